The van der Waals surface area contributed by atoms with Crippen molar-refractivity contribution in [2.75, 3.05) is 0 Å². The number of phenols is 7. The van der Waals surface area contributed by atoms with E-state index in [4.69, 9.17) is 18.6 Å². The number of esters is 1. The molecular formula is C28H24O15. The fourth-order valence-corrected chi connectivity index (χ4v) is 4.48. The van der Waals surface area contributed by atoms with Gasteiger partial charge in [-0.05, 0) is 37.3 Å². The summed E-state index contributed by atoms with van der Waals surface area (Å²) in [4.78, 5) is 26.6. The number of ether oxygens (including phenoxy) is 3. The van der Waals surface area contributed by atoms with Crippen LogP contribution < -0.4 is 10.2 Å². The number of hydrogen-bond acceptors (Lipinski definition) is 15. The summed E-state index contributed by atoms with van der Waals surface area (Å²) >= 11 is 0. The van der Waals surface area contributed by atoms with E-state index in [2.05, 4.69) is 0 Å². The van der Waals surface area contributed by atoms with Crippen LogP contribution in [0.15, 0.2) is 51.7 Å². The molecule has 4 aromatic rings. The molecule has 15 heteroatoms. The summed E-state index contributed by atoms with van der Waals surface area (Å²) in [5.74, 6) is -7.30. The van der Waals surface area contributed by atoms with Crippen molar-refractivity contribution in [1.29, 1.82) is 0 Å². The second-order valence-corrected chi connectivity index (χ2v) is 9.67. The largest absolute Gasteiger partial charge is 0.508 e. The van der Waals surface area contributed by atoms with Gasteiger partial charge < -0.3 is 64.6 Å². The maximum Gasteiger partial charge on any atom is 0.339 e. The first-order valence-corrected chi connectivity index (χ1v) is 12.5. The average Bonchev–Trinajstić information content (AvgIpc) is 2.94. The molecule has 0 amide bonds. The second kappa shape index (κ2) is 10.8. The molecule has 43 heavy (non-hydrogen) atoms. The molecule has 5 atom stereocenters. The van der Waals surface area contributed by atoms with Gasteiger partial charge in [0.15, 0.2) is 40.6 Å². The van der Waals surface area contributed by atoms with Gasteiger partial charge in [0.25, 0.3) is 0 Å². The van der Waals surface area contributed by atoms with Crippen LogP contribution in [0.1, 0.15) is 17.3 Å². The van der Waals surface area contributed by atoms with Crippen LogP contribution >= 0.6 is 0 Å². The maximum absolute atomic E-state index is 13.7. The van der Waals surface area contributed by atoms with E-state index in [1.54, 1.807) is 0 Å². The maximum atomic E-state index is 13.7. The molecule has 9 N–H and O–H groups in total. The summed E-state index contributed by atoms with van der Waals surface area (Å²) < 4.78 is 22.5. The predicted molar refractivity (Wildman–Crippen MR) is 142 cm³/mol. The summed E-state index contributed by atoms with van der Waals surface area (Å²) in [6, 6.07) is 6.72. The first-order chi connectivity index (χ1) is 20.3. The topological polar surface area (TPSA) is 257 Å². The molecule has 0 bridgehead atoms. The van der Waals surface area contributed by atoms with Gasteiger partial charge in [-0.3, -0.25) is 4.79 Å². The van der Waals surface area contributed by atoms with Crippen LogP contribution in [0.5, 0.6) is 46.0 Å². The standard InChI is InChI=1S/C28H24O15/c1-9-20(35)23(38)26(42-27(39)11-5-16(33)21(36)17(34)6-11)28(40-9)43-25-22(37)19-15(32)7-12(29)8-18(19)41-24(25)10-2-3-13(30)14(31)4-10/h2-9,20,23,26,28-36,38H,1H3/t9-,20-,23+,26+,28-/m1/s1. The van der Waals surface area contributed by atoms with E-state index in [1.807, 2.05) is 0 Å². The number of phenolic OH excluding ortho intramolecular Hbond substituents is 7. The number of fused-ring (bicyclic) bond motifs is 1. The Labute approximate surface area is 239 Å². The Balaban J connectivity index is 1.62. The molecule has 5 rings (SSSR count). The molecule has 0 unspecified atom stereocenters. The zero-order valence-corrected chi connectivity index (χ0v) is 21.9. The molecule has 0 aliphatic carbocycles. The predicted octanol–water partition coefficient (Wildman–Crippen LogP) is 1.47. The Hall–Kier alpha value is -5.38. The molecule has 1 saturated heterocycles. The van der Waals surface area contributed by atoms with E-state index in [9.17, 15) is 55.5 Å². The Bertz CT molecular complexity index is 1770. The van der Waals surface area contributed by atoms with Crippen molar-refractivity contribution in [2.24, 2.45) is 0 Å². The van der Waals surface area contributed by atoms with Crippen LogP contribution in [0.25, 0.3) is 22.3 Å². The third kappa shape index (κ3) is 5.23. The molecule has 1 aromatic heterocycles. The third-order valence-corrected chi connectivity index (χ3v) is 6.72. The summed E-state index contributed by atoms with van der Waals surface area (Å²) in [6.07, 6.45) is -8.39. The van der Waals surface area contributed by atoms with Gasteiger partial charge in [-0.2, -0.15) is 0 Å². The smallest absolute Gasteiger partial charge is 0.339 e. The van der Waals surface area contributed by atoms with Gasteiger partial charge in [-0.25, -0.2) is 4.79 Å². The zero-order valence-electron chi connectivity index (χ0n) is 21.9. The van der Waals surface area contributed by atoms with E-state index in [0.29, 0.717) is 0 Å². The first-order valence-electron chi connectivity index (χ1n) is 12.5. The lowest BCUT2D eigenvalue weighted by molar-refractivity contribution is -0.267. The van der Waals surface area contributed by atoms with Crippen molar-refractivity contribution >= 4 is 16.9 Å². The number of carbonyl (C=O) groups excluding carboxylic acids is 1. The lowest BCUT2D eigenvalue weighted by Gasteiger charge is -2.40. The summed E-state index contributed by atoms with van der Waals surface area (Å²) in [7, 11) is 0. The fraction of sp³-hybridized carbons (Fsp3) is 0.214. The Kier molecular flexibility index (Phi) is 7.31. The molecule has 3 aromatic carbocycles. The number of aromatic hydroxyl groups is 7. The molecule has 1 fully saturated rings. The highest BCUT2D eigenvalue weighted by Gasteiger charge is 2.47. The van der Waals surface area contributed by atoms with Gasteiger partial charge in [-0.1, -0.05) is 0 Å². The van der Waals surface area contributed by atoms with Gasteiger partial charge in [0.2, 0.25) is 17.5 Å². The van der Waals surface area contributed by atoms with Crippen molar-refractivity contribution in [1.82, 2.24) is 0 Å². The quantitative estimate of drug-likeness (QED) is 0.116. The molecule has 2 heterocycles. The number of hydrogen-bond donors (Lipinski definition) is 9. The highest BCUT2D eigenvalue weighted by molar-refractivity contribution is 5.91. The highest BCUT2D eigenvalue weighted by atomic mass is 16.7. The van der Waals surface area contributed by atoms with Gasteiger partial charge in [-0.15, -0.1) is 0 Å². The van der Waals surface area contributed by atoms with Crippen LogP contribution in [0, 0.1) is 0 Å². The zero-order chi connectivity index (χ0) is 31.3. The van der Waals surface area contributed by atoms with Crippen LogP contribution in [-0.4, -0.2) is 82.6 Å². The summed E-state index contributed by atoms with van der Waals surface area (Å²) in [5.41, 5.74) is -1.86. The molecule has 226 valence electrons. The van der Waals surface area contributed by atoms with Crippen molar-refractivity contribution in [3.63, 3.8) is 0 Å². The normalized spacial score (nSPS) is 21.9. The van der Waals surface area contributed by atoms with Gasteiger partial charge in [0, 0.05) is 17.7 Å². The number of aliphatic hydroxyl groups is 2. The van der Waals surface area contributed by atoms with Gasteiger partial charge in [0.1, 0.15) is 34.7 Å². The van der Waals surface area contributed by atoms with Crippen molar-refractivity contribution in [3.8, 4) is 57.3 Å². The van der Waals surface area contributed by atoms with Crippen LogP contribution in [-0.2, 0) is 9.47 Å². The van der Waals surface area contributed by atoms with E-state index in [-0.39, 0.29) is 11.1 Å². The van der Waals surface area contributed by atoms with Gasteiger partial charge in [0.05, 0.1) is 11.7 Å². The molecule has 1 aliphatic heterocycles. The summed E-state index contributed by atoms with van der Waals surface area (Å²) in [5, 5.41) is 90.1. The fourth-order valence-electron chi connectivity index (χ4n) is 4.48. The number of rotatable bonds is 5. The lowest BCUT2D eigenvalue weighted by atomic mass is 9.99. The second-order valence-electron chi connectivity index (χ2n) is 9.67. The minimum Gasteiger partial charge on any atom is -0.508 e. The third-order valence-electron chi connectivity index (χ3n) is 6.72. The molecule has 0 radical (unpaired) electrons. The van der Waals surface area contributed by atoms with Crippen molar-refractivity contribution in [3.05, 3.63) is 58.3 Å². The first kappa shape index (κ1) is 29.1. The number of benzene rings is 3. The average molecular weight is 600 g/mol. The van der Waals surface area contributed by atoms with E-state index in [1.165, 1.54) is 13.0 Å². The van der Waals surface area contributed by atoms with E-state index >= 15 is 0 Å². The Morgan fingerprint density at radius 1 is 0.814 bits per heavy atom. The molecule has 15 nitrogen and oxygen atoms in total. The van der Waals surface area contributed by atoms with Gasteiger partial charge >= 0.3 is 5.97 Å². The highest BCUT2D eigenvalue weighted by Crippen LogP contribution is 2.40. The molecule has 0 saturated carbocycles. The number of carbonyl (C=O) groups is 1. The van der Waals surface area contributed by atoms with Crippen LogP contribution in [0.2, 0.25) is 0 Å². The van der Waals surface area contributed by atoms with Crippen molar-refractivity contribution < 1.29 is 69.4 Å². The molecule has 0 spiro atoms. The minimum atomic E-state index is -1.88. The van der Waals surface area contributed by atoms with Crippen molar-refractivity contribution in [2.45, 2.75) is 37.6 Å². The SMILES string of the molecule is C[C@H]1O[C@H](Oc2c(-c3ccc(O)c(O)c3)oc3cc(O)cc(O)c3c2=O)[C@@H](OC(=O)c2cc(O)c(O)c(O)c2)[C@@H](O)[C@@H]1O. The Morgan fingerprint density at radius 2 is 1.49 bits per heavy atom. The summed E-state index contributed by atoms with van der Waals surface area (Å²) in [6.45, 7) is 1.34. The van der Waals surface area contributed by atoms with Crippen LogP contribution in [0.4, 0.5) is 0 Å². The Morgan fingerprint density at radius 3 is 2.14 bits per heavy atom. The monoisotopic (exact) mass is 600 g/mol. The molecular weight excluding hydrogens is 576 g/mol. The molecule has 1 aliphatic rings. The number of aliphatic hydroxyl groups excluding tert-OH is 2. The van der Waals surface area contributed by atoms with E-state index in [0.717, 1.165) is 36.4 Å². The van der Waals surface area contributed by atoms with Crippen LogP contribution in [0.3, 0.4) is 0 Å². The lowest BCUT2D eigenvalue weighted by Crippen LogP contribution is -2.60. The van der Waals surface area contributed by atoms with E-state index < -0.39 is 105 Å². The minimum absolute atomic E-state index is 0.0415.